The van der Waals surface area contributed by atoms with Crippen LogP contribution in [-0.2, 0) is 9.47 Å². The van der Waals surface area contributed by atoms with Crippen molar-refractivity contribution < 1.29 is 19.7 Å². The predicted octanol–water partition coefficient (Wildman–Crippen LogP) is -1.09. The van der Waals surface area contributed by atoms with Gasteiger partial charge < -0.3 is 25.4 Å². The summed E-state index contributed by atoms with van der Waals surface area (Å²) in [5, 5.41) is 20.2. The number of fused-ring (bicyclic) bond motifs is 1. The molecule has 9 nitrogen and oxygen atoms in total. The van der Waals surface area contributed by atoms with Gasteiger partial charge in [-0.2, -0.15) is 0 Å². The molecule has 2 aromatic rings. The van der Waals surface area contributed by atoms with Crippen LogP contribution in [0.3, 0.4) is 0 Å². The van der Waals surface area contributed by atoms with Crippen LogP contribution in [0.5, 0.6) is 0 Å². The van der Waals surface area contributed by atoms with Crippen LogP contribution in [0.25, 0.3) is 11.2 Å². The van der Waals surface area contributed by atoms with Crippen molar-refractivity contribution in [3.05, 3.63) is 18.3 Å². The van der Waals surface area contributed by atoms with Gasteiger partial charge in [-0.25, -0.2) is 15.0 Å². The lowest BCUT2D eigenvalue weighted by atomic mass is 10.0. The maximum Gasteiger partial charge on any atom is 0.165 e. The number of nitrogens with two attached hydrogens (primary N) is 1. The molecule has 4 rings (SSSR count). The highest BCUT2D eigenvalue weighted by Crippen LogP contribution is 2.33. The molecule has 2 aromatic heterocycles. The average molecular weight is 321 g/mol. The zero-order chi connectivity index (χ0) is 16.0. The molecule has 5 atom stereocenters. The topological polar surface area (TPSA) is 129 Å². The fraction of sp³-hybridized carbons (Fsp3) is 0.643. The maximum atomic E-state index is 10.2. The molecule has 0 bridgehead atoms. The highest BCUT2D eigenvalue weighted by Gasteiger charge is 2.43. The first-order valence-electron chi connectivity index (χ1n) is 7.67. The molecule has 5 unspecified atom stereocenters. The molecule has 2 fully saturated rings. The monoisotopic (exact) mass is 321 g/mol. The van der Waals surface area contributed by atoms with Gasteiger partial charge >= 0.3 is 0 Å². The van der Waals surface area contributed by atoms with Crippen LogP contribution in [0.1, 0.15) is 24.3 Å². The first-order valence-corrected chi connectivity index (χ1v) is 7.67. The Labute approximate surface area is 132 Å². The van der Waals surface area contributed by atoms with E-state index in [2.05, 4.69) is 15.0 Å². The number of hydrogen-bond acceptors (Lipinski definition) is 8. The Bertz CT molecular complexity index is 702. The van der Waals surface area contributed by atoms with Gasteiger partial charge in [-0.15, -0.1) is 0 Å². The van der Waals surface area contributed by atoms with E-state index >= 15 is 0 Å². The van der Waals surface area contributed by atoms with Gasteiger partial charge in [0.05, 0.1) is 18.6 Å². The van der Waals surface area contributed by atoms with Gasteiger partial charge in [-0.1, -0.05) is 0 Å². The van der Waals surface area contributed by atoms with E-state index in [9.17, 15) is 10.2 Å². The van der Waals surface area contributed by atoms with Gasteiger partial charge in [0.2, 0.25) is 0 Å². The first-order chi connectivity index (χ1) is 11.2. The Kier molecular flexibility index (Phi) is 3.74. The van der Waals surface area contributed by atoms with Crippen LogP contribution in [-0.4, -0.2) is 67.8 Å². The number of aromatic nitrogens is 4. The summed E-state index contributed by atoms with van der Waals surface area (Å²) in [5.74, 6) is 0.195. The van der Waals surface area contributed by atoms with Crippen LogP contribution in [0.2, 0.25) is 0 Å². The van der Waals surface area contributed by atoms with E-state index in [1.807, 2.05) is 0 Å². The molecule has 124 valence electrons. The van der Waals surface area contributed by atoms with Crippen molar-refractivity contribution >= 4 is 11.2 Å². The second-order valence-corrected chi connectivity index (χ2v) is 5.93. The van der Waals surface area contributed by atoms with Gasteiger partial charge in [0, 0.05) is 19.1 Å². The SMILES string of the molecule is NCC1OC(n2cnc3c(C4CCOC4)ncnc32)C(O)C1O. The zero-order valence-electron chi connectivity index (χ0n) is 12.4. The molecule has 2 aliphatic heterocycles. The normalized spacial score (nSPS) is 34.5. The van der Waals surface area contributed by atoms with Crippen LogP contribution in [0, 0.1) is 0 Å². The second kappa shape index (κ2) is 5.77. The summed E-state index contributed by atoms with van der Waals surface area (Å²) in [6, 6.07) is 0. The van der Waals surface area contributed by atoms with Gasteiger partial charge in [-0.05, 0) is 6.42 Å². The van der Waals surface area contributed by atoms with Crippen molar-refractivity contribution in [2.45, 2.75) is 36.9 Å². The largest absolute Gasteiger partial charge is 0.387 e. The summed E-state index contributed by atoms with van der Waals surface area (Å²) in [7, 11) is 0. The molecule has 4 heterocycles. The minimum absolute atomic E-state index is 0.126. The number of imidazole rings is 1. The van der Waals surface area contributed by atoms with Gasteiger partial charge in [-0.3, -0.25) is 4.57 Å². The van der Waals surface area contributed by atoms with Gasteiger partial charge in [0.15, 0.2) is 11.9 Å². The second-order valence-electron chi connectivity index (χ2n) is 5.93. The highest BCUT2D eigenvalue weighted by molar-refractivity contribution is 5.74. The summed E-state index contributed by atoms with van der Waals surface area (Å²) < 4.78 is 12.7. The van der Waals surface area contributed by atoms with E-state index in [4.69, 9.17) is 15.2 Å². The Morgan fingerprint density at radius 3 is 2.83 bits per heavy atom. The standard InChI is InChI=1S/C14H19N5O4/c15-3-8-11(20)12(21)14(23-8)19-6-18-10-9(7-1-2-22-4-7)16-5-17-13(10)19/h5-8,11-12,14,20-21H,1-4,15H2. The van der Waals surface area contributed by atoms with Crippen molar-refractivity contribution in [3.63, 3.8) is 0 Å². The van der Waals surface area contributed by atoms with Gasteiger partial charge in [0.25, 0.3) is 0 Å². The Morgan fingerprint density at radius 2 is 2.13 bits per heavy atom. The summed E-state index contributed by atoms with van der Waals surface area (Å²) in [6.07, 6.45) is 0.421. The van der Waals surface area contributed by atoms with Crippen LogP contribution in [0.15, 0.2) is 12.7 Å². The fourth-order valence-electron chi connectivity index (χ4n) is 3.26. The smallest absolute Gasteiger partial charge is 0.165 e. The maximum absolute atomic E-state index is 10.2. The Balaban J connectivity index is 1.73. The minimum atomic E-state index is -1.09. The number of hydrogen-bond donors (Lipinski definition) is 3. The Hall–Kier alpha value is -1.65. The minimum Gasteiger partial charge on any atom is -0.387 e. The van der Waals surface area contributed by atoms with E-state index in [0.29, 0.717) is 24.4 Å². The summed E-state index contributed by atoms with van der Waals surface area (Å²) >= 11 is 0. The van der Waals surface area contributed by atoms with Gasteiger partial charge in [0.1, 0.15) is 30.2 Å². The molecule has 2 saturated heterocycles. The molecular weight excluding hydrogens is 302 g/mol. The molecule has 2 aliphatic rings. The number of rotatable bonds is 3. The highest BCUT2D eigenvalue weighted by atomic mass is 16.6. The van der Waals surface area contributed by atoms with Crippen LogP contribution in [0.4, 0.5) is 0 Å². The van der Waals surface area contributed by atoms with Crippen LogP contribution < -0.4 is 5.73 Å². The van der Waals surface area contributed by atoms with Crippen molar-refractivity contribution in [1.82, 2.24) is 19.5 Å². The summed E-state index contributed by atoms with van der Waals surface area (Å²) in [5.41, 5.74) is 7.64. The quantitative estimate of drug-likeness (QED) is 0.650. The van der Waals surface area contributed by atoms with Crippen molar-refractivity contribution in [3.8, 4) is 0 Å². The third-order valence-corrected chi connectivity index (χ3v) is 4.55. The number of aliphatic hydroxyl groups excluding tert-OH is 2. The fourth-order valence-corrected chi connectivity index (χ4v) is 3.26. The van der Waals surface area contributed by atoms with E-state index < -0.39 is 24.5 Å². The summed E-state index contributed by atoms with van der Waals surface area (Å²) in [4.78, 5) is 13.0. The third-order valence-electron chi connectivity index (χ3n) is 4.55. The van der Waals surface area contributed by atoms with Crippen molar-refractivity contribution in [2.24, 2.45) is 5.73 Å². The van der Waals surface area contributed by atoms with E-state index in [-0.39, 0.29) is 12.5 Å². The van der Waals surface area contributed by atoms with E-state index in [0.717, 1.165) is 12.1 Å². The molecule has 4 N–H and O–H groups in total. The first kappa shape index (κ1) is 14.9. The lowest BCUT2D eigenvalue weighted by molar-refractivity contribution is -0.0322. The molecule has 9 heteroatoms. The molecular formula is C14H19N5O4. The van der Waals surface area contributed by atoms with Crippen molar-refractivity contribution in [1.29, 1.82) is 0 Å². The Morgan fingerprint density at radius 1 is 1.26 bits per heavy atom. The predicted molar refractivity (Wildman–Crippen MR) is 78.5 cm³/mol. The number of nitrogens with zero attached hydrogens (tertiary/aromatic N) is 4. The van der Waals surface area contributed by atoms with E-state index in [1.165, 1.54) is 6.33 Å². The summed E-state index contributed by atoms with van der Waals surface area (Å²) in [6.45, 7) is 1.46. The lowest BCUT2D eigenvalue weighted by Crippen LogP contribution is -2.35. The van der Waals surface area contributed by atoms with Crippen molar-refractivity contribution in [2.75, 3.05) is 19.8 Å². The van der Waals surface area contributed by atoms with Crippen LogP contribution >= 0.6 is 0 Å². The van der Waals surface area contributed by atoms with E-state index in [1.54, 1.807) is 10.9 Å². The lowest BCUT2D eigenvalue weighted by Gasteiger charge is -2.16. The number of aliphatic hydroxyl groups is 2. The molecule has 23 heavy (non-hydrogen) atoms. The molecule has 0 radical (unpaired) electrons. The molecule has 0 aliphatic carbocycles. The molecule has 0 amide bonds. The average Bonchev–Trinajstić information content (AvgIpc) is 3.28. The third kappa shape index (κ3) is 2.32. The molecule has 0 saturated carbocycles. The molecule has 0 aromatic carbocycles. The molecule has 0 spiro atoms. The zero-order valence-corrected chi connectivity index (χ0v) is 12.4. The number of ether oxygens (including phenoxy) is 2.